The van der Waals surface area contributed by atoms with Gasteiger partial charge in [0.25, 0.3) is 5.91 Å². The van der Waals surface area contributed by atoms with Crippen molar-refractivity contribution in [3.05, 3.63) is 46.4 Å². The molecule has 2 aliphatic rings. The number of benzene rings is 1. The number of carbonyl (C=O) groups is 2. The summed E-state index contributed by atoms with van der Waals surface area (Å²) in [6, 6.07) is 1.29. The van der Waals surface area contributed by atoms with Crippen molar-refractivity contribution in [3.8, 4) is 0 Å². The number of rotatable bonds is 5. The Balaban J connectivity index is 1.69. The molecule has 2 amide bonds. The predicted octanol–water partition coefficient (Wildman–Crippen LogP) is 3.84. The number of fused-ring (bicyclic) bond motifs is 1. The van der Waals surface area contributed by atoms with Crippen LogP contribution in [0.2, 0.25) is 0 Å². The summed E-state index contributed by atoms with van der Waals surface area (Å²) in [5.41, 5.74) is -0.398. The molecule has 1 aromatic heterocycles. The second-order valence-corrected chi connectivity index (χ2v) is 9.32. The average molecular weight is 509 g/mol. The number of hydrogen-bond donors (Lipinski definition) is 1. The number of amides is 2. The van der Waals surface area contributed by atoms with E-state index in [1.54, 1.807) is 9.80 Å². The van der Waals surface area contributed by atoms with E-state index in [4.69, 9.17) is 0 Å². The van der Waals surface area contributed by atoms with Crippen LogP contribution in [-0.4, -0.2) is 63.8 Å². The summed E-state index contributed by atoms with van der Waals surface area (Å²) in [4.78, 5) is 39.1. The van der Waals surface area contributed by atoms with Crippen LogP contribution in [0.15, 0.2) is 18.2 Å². The van der Waals surface area contributed by atoms with Gasteiger partial charge in [0.2, 0.25) is 11.9 Å². The summed E-state index contributed by atoms with van der Waals surface area (Å²) in [5.74, 6) is -0.548. The molecule has 0 bridgehead atoms. The maximum atomic E-state index is 14.5. The van der Waals surface area contributed by atoms with Crippen LogP contribution in [0.5, 0.6) is 0 Å². The molecule has 1 atom stereocenters. The van der Waals surface area contributed by atoms with Gasteiger partial charge in [0.05, 0.1) is 18.2 Å². The zero-order chi connectivity index (χ0) is 26.4. The maximum Gasteiger partial charge on any atom is 0.416 e. The van der Waals surface area contributed by atoms with E-state index in [9.17, 15) is 27.2 Å². The van der Waals surface area contributed by atoms with E-state index in [1.807, 2.05) is 18.7 Å². The number of nitrogens with one attached hydrogen (secondary N) is 1. The minimum Gasteiger partial charge on any atom is -0.363 e. The molecule has 0 saturated carbocycles. The van der Waals surface area contributed by atoms with Gasteiger partial charge in [0.1, 0.15) is 17.3 Å². The minimum absolute atomic E-state index is 0.0356. The number of hydrogen-bond acceptors (Lipinski definition) is 6. The first-order valence-corrected chi connectivity index (χ1v) is 11.7. The summed E-state index contributed by atoms with van der Waals surface area (Å²) in [5, 5.41) is 3.04. The van der Waals surface area contributed by atoms with Crippen molar-refractivity contribution in [2.45, 2.75) is 52.5 Å². The fraction of sp³-hybridized carbons (Fsp3) is 0.500. The first kappa shape index (κ1) is 25.6. The standard InChI is InChI=1S/C24H28F4N6O2/c1-13(2)34-12-18-20(22(34)36)30-23(33-9-7-32(8-10-33)15(4)35)31-21(18)29-14(3)17-11-16(24(26,27)28)5-6-19(17)25/h5-6,11,13-14H,7-10,12H2,1-4H3,(H,29,30,31)/t14-/m1/s1. The van der Waals surface area contributed by atoms with E-state index in [2.05, 4.69) is 15.3 Å². The van der Waals surface area contributed by atoms with Crippen molar-refractivity contribution in [1.29, 1.82) is 0 Å². The van der Waals surface area contributed by atoms with E-state index >= 15 is 0 Å². The number of anilines is 2. The molecule has 8 nitrogen and oxygen atoms in total. The number of piperazine rings is 1. The Morgan fingerprint density at radius 3 is 2.33 bits per heavy atom. The molecule has 12 heteroatoms. The van der Waals surface area contributed by atoms with E-state index in [0.717, 1.165) is 12.1 Å². The SMILES string of the molecule is CC(=O)N1CCN(c2nc(N[C@H](C)c3cc(C(F)(F)F)ccc3F)c3c(n2)C(=O)N(C(C)C)C3)CC1. The third-order valence-corrected chi connectivity index (χ3v) is 6.56. The molecular weight excluding hydrogens is 480 g/mol. The molecule has 1 saturated heterocycles. The summed E-state index contributed by atoms with van der Waals surface area (Å²) < 4.78 is 54.2. The highest BCUT2D eigenvalue weighted by molar-refractivity contribution is 5.98. The third kappa shape index (κ3) is 4.93. The molecule has 2 aromatic rings. The molecule has 36 heavy (non-hydrogen) atoms. The largest absolute Gasteiger partial charge is 0.416 e. The normalized spacial score (nSPS) is 17.0. The molecule has 3 heterocycles. The Bertz CT molecular complexity index is 1180. The van der Waals surface area contributed by atoms with Crippen LogP contribution in [0.25, 0.3) is 0 Å². The van der Waals surface area contributed by atoms with Crippen molar-refractivity contribution in [1.82, 2.24) is 19.8 Å². The monoisotopic (exact) mass is 508 g/mol. The average Bonchev–Trinajstić information content (AvgIpc) is 3.15. The lowest BCUT2D eigenvalue weighted by Crippen LogP contribution is -2.48. The van der Waals surface area contributed by atoms with Crippen LogP contribution in [0.4, 0.5) is 29.3 Å². The smallest absolute Gasteiger partial charge is 0.363 e. The lowest BCUT2D eigenvalue weighted by atomic mass is 10.0. The van der Waals surface area contributed by atoms with Crippen molar-refractivity contribution in [2.24, 2.45) is 0 Å². The number of nitrogens with zero attached hydrogens (tertiary/aromatic N) is 5. The first-order chi connectivity index (χ1) is 16.9. The third-order valence-electron chi connectivity index (χ3n) is 6.56. The molecule has 1 aromatic carbocycles. The van der Waals surface area contributed by atoms with Crippen LogP contribution in [0.3, 0.4) is 0 Å². The van der Waals surface area contributed by atoms with Crippen molar-refractivity contribution in [3.63, 3.8) is 0 Å². The maximum absolute atomic E-state index is 14.5. The highest BCUT2D eigenvalue weighted by Gasteiger charge is 2.36. The molecular formula is C24H28F4N6O2. The van der Waals surface area contributed by atoms with Gasteiger partial charge in [-0.3, -0.25) is 9.59 Å². The lowest BCUT2D eigenvalue weighted by molar-refractivity contribution is -0.137. The summed E-state index contributed by atoms with van der Waals surface area (Å²) >= 11 is 0. The van der Waals surface area contributed by atoms with E-state index in [0.29, 0.717) is 37.8 Å². The van der Waals surface area contributed by atoms with E-state index in [-0.39, 0.29) is 47.4 Å². The first-order valence-electron chi connectivity index (χ1n) is 11.7. The minimum atomic E-state index is -4.61. The highest BCUT2D eigenvalue weighted by Crippen LogP contribution is 2.35. The van der Waals surface area contributed by atoms with Crippen LogP contribution < -0.4 is 10.2 Å². The fourth-order valence-corrected chi connectivity index (χ4v) is 4.41. The van der Waals surface area contributed by atoms with Crippen LogP contribution >= 0.6 is 0 Å². The molecule has 0 spiro atoms. The van der Waals surface area contributed by atoms with Crippen LogP contribution in [0.1, 0.15) is 60.9 Å². The van der Waals surface area contributed by atoms with Crippen molar-refractivity contribution in [2.75, 3.05) is 36.4 Å². The Kier molecular flexibility index (Phi) is 6.80. The van der Waals surface area contributed by atoms with Crippen molar-refractivity contribution < 1.29 is 27.2 Å². The molecule has 194 valence electrons. The Labute approximate surface area is 206 Å². The molecule has 0 unspecified atom stereocenters. The number of aromatic nitrogens is 2. The van der Waals surface area contributed by atoms with Gasteiger partial charge in [-0.1, -0.05) is 0 Å². The molecule has 1 fully saturated rings. The number of halogens is 4. The zero-order valence-corrected chi connectivity index (χ0v) is 20.5. The van der Waals surface area contributed by atoms with Gasteiger partial charge < -0.3 is 20.0 Å². The van der Waals surface area contributed by atoms with Crippen LogP contribution in [-0.2, 0) is 17.5 Å². The molecule has 4 rings (SSSR count). The zero-order valence-electron chi connectivity index (χ0n) is 20.5. The Morgan fingerprint density at radius 2 is 1.75 bits per heavy atom. The summed E-state index contributed by atoms with van der Waals surface area (Å²) in [6.07, 6.45) is -4.61. The predicted molar refractivity (Wildman–Crippen MR) is 125 cm³/mol. The van der Waals surface area contributed by atoms with Gasteiger partial charge in [-0.2, -0.15) is 18.2 Å². The molecule has 2 aliphatic heterocycles. The second-order valence-electron chi connectivity index (χ2n) is 9.32. The van der Waals surface area contributed by atoms with Gasteiger partial charge in [0.15, 0.2) is 0 Å². The van der Waals surface area contributed by atoms with Gasteiger partial charge in [-0.05, 0) is 39.0 Å². The quantitative estimate of drug-likeness (QED) is 0.619. The summed E-state index contributed by atoms with van der Waals surface area (Å²) in [6.45, 7) is 8.85. The lowest BCUT2D eigenvalue weighted by Gasteiger charge is -2.34. The van der Waals surface area contributed by atoms with E-state index < -0.39 is 23.6 Å². The molecule has 0 radical (unpaired) electrons. The van der Waals surface area contributed by atoms with Gasteiger partial charge in [0, 0.05) is 50.3 Å². The van der Waals surface area contributed by atoms with Gasteiger partial charge in [-0.15, -0.1) is 0 Å². The fourth-order valence-electron chi connectivity index (χ4n) is 4.41. The van der Waals surface area contributed by atoms with Crippen molar-refractivity contribution >= 4 is 23.6 Å². The topological polar surface area (TPSA) is 81.7 Å². The number of alkyl halides is 3. The number of carbonyl (C=O) groups excluding carboxylic acids is 2. The second kappa shape index (κ2) is 9.55. The van der Waals surface area contributed by atoms with Gasteiger partial charge >= 0.3 is 6.18 Å². The van der Waals surface area contributed by atoms with E-state index in [1.165, 1.54) is 13.8 Å². The van der Waals surface area contributed by atoms with Gasteiger partial charge in [-0.25, -0.2) is 9.37 Å². The summed E-state index contributed by atoms with van der Waals surface area (Å²) in [7, 11) is 0. The molecule has 1 N–H and O–H groups in total. The molecule has 0 aliphatic carbocycles. The Morgan fingerprint density at radius 1 is 1.08 bits per heavy atom. The van der Waals surface area contributed by atoms with Crippen LogP contribution in [0, 0.1) is 5.82 Å². The Hall–Kier alpha value is -3.44. The highest BCUT2D eigenvalue weighted by atomic mass is 19.4.